The molecule has 0 aliphatic heterocycles. The first-order chi connectivity index (χ1) is 8.16. The van der Waals surface area contributed by atoms with Gasteiger partial charge in [-0.2, -0.15) is 0 Å². The van der Waals surface area contributed by atoms with Crippen molar-refractivity contribution >= 4 is 28.8 Å². The third-order valence-corrected chi connectivity index (χ3v) is 3.58. The highest BCUT2D eigenvalue weighted by molar-refractivity contribution is 7.17. The van der Waals surface area contributed by atoms with Crippen LogP contribution in [0.1, 0.15) is 28.2 Å². The Kier molecular flexibility index (Phi) is 3.76. The first-order valence-electron chi connectivity index (χ1n) is 5.13. The SMILES string of the molecule is C[C@H](NC(=O)c1ccc(Cl)s1)c1ccncc1. The van der Waals surface area contributed by atoms with E-state index in [1.54, 1.807) is 24.5 Å². The van der Waals surface area contributed by atoms with Crippen LogP contribution < -0.4 is 5.32 Å². The van der Waals surface area contributed by atoms with Crippen LogP contribution in [0.3, 0.4) is 0 Å². The number of nitrogens with zero attached hydrogens (tertiary/aromatic N) is 1. The van der Waals surface area contributed by atoms with Crippen molar-refractivity contribution in [2.45, 2.75) is 13.0 Å². The number of aromatic nitrogens is 1. The van der Waals surface area contributed by atoms with Crippen molar-refractivity contribution in [3.63, 3.8) is 0 Å². The minimum atomic E-state index is -0.105. The molecule has 0 saturated heterocycles. The number of pyridine rings is 1. The number of hydrogen-bond acceptors (Lipinski definition) is 3. The zero-order chi connectivity index (χ0) is 12.3. The molecule has 0 spiro atoms. The molecule has 88 valence electrons. The van der Waals surface area contributed by atoms with Crippen molar-refractivity contribution < 1.29 is 4.79 Å². The molecule has 0 unspecified atom stereocenters. The second-order valence-corrected chi connectivity index (χ2v) is 5.29. The van der Waals surface area contributed by atoms with Gasteiger partial charge in [-0.3, -0.25) is 9.78 Å². The summed E-state index contributed by atoms with van der Waals surface area (Å²) in [6.45, 7) is 1.93. The Balaban J connectivity index is 2.04. The van der Waals surface area contributed by atoms with Gasteiger partial charge in [0, 0.05) is 12.4 Å². The highest BCUT2D eigenvalue weighted by atomic mass is 35.5. The molecule has 17 heavy (non-hydrogen) atoms. The first-order valence-corrected chi connectivity index (χ1v) is 6.32. The summed E-state index contributed by atoms with van der Waals surface area (Å²) in [7, 11) is 0. The zero-order valence-corrected chi connectivity index (χ0v) is 10.8. The van der Waals surface area contributed by atoms with Gasteiger partial charge in [-0.25, -0.2) is 0 Å². The van der Waals surface area contributed by atoms with E-state index in [1.165, 1.54) is 11.3 Å². The fourth-order valence-electron chi connectivity index (χ4n) is 1.44. The summed E-state index contributed by atoms with van der Waals surface area (Å²) < 4.78 is 0.617. The molecule has 0 aliphatic carbocycles. The topological polar surface area (TPSA) is 42.0 Å². The largest absolute Gasteiger partial charge is 0.345 e. The molecule has 0 aromatic carbocycles. The van der Waals surface area contributed by atoms with Gasteiger partial charge in [0.1, 0.15) is 0 Å². The van der Waals surface area contributed by atoms with E-state index < -0.39 is 0 Å². The number of hydrogen-bond donors (Lipinski definition) is 1. The average molecular weight is 267 g/mol. The quantitative estimate of drug-likeness (QED) is 0.926. The molecule has 0 fully saturated rings. The maximum atomic E-state index is 11.9. The summed E-state index contributed by atoms with van der Waals surface area (Å²) >= 11 is 7.06. The Morgan fingerprint density at radius 3 is 2.65 bits per heavy atom. The second-order valence-electron chi connectivity index (χ2n) is 3.58. The Labute approximate surface area is 108 Å². The van der Waals surface area contributed by atoms with E-state index in [4.69, 9.17) is 11.6 Å². The van der Waals surface area contributed by atoms with Crippen LogP contribution in [0.5, 0.6) is 0 Å². The first kappa shape index (κ1) is 12.1. The Morgan fingerprint density at radius 1 is 1.35 bits per heavy atom. The molecule has 2 aromatic rings. The zero-order valence-electron chi connectivity index (χ0n) is 9.18. The Morgan fingerprint density at radius 2 is 2.06 bits per heavy atom. The van der Waals surface area contributed by atoms with Gasteiger partial charge in [0.15, 0.2) is 0 Å². The summed E-state index contributed by atoms with van der Waals surface area (Å²) in [5.74, 6) is -0.105. The highest BCUT2D eigenvalue weighted by Crippen LogP contribution is 2.22. The molecular formula is C12H11ClN2OS. The van der Waals surface area contributed by atoms with Crippen molar-refractivity contribution in [1.82, 2.24) is 10.3 Å². The van der Waals surface area contributed by atoms with Crippen molar-refractivity contribution in [3.05, 3.63) is 51.4 Å². The molecule has 0 saturated carbocycles. The van der Waals surface area contributed by atoms with Crippen molar-refractivity contribution in [2.24, 2.45) is 0 Å². The van der Waals surface area contributed by atoms with E-state index in [-0.39, 0.29) is 11.9 Å². The van der Waals surface area contributed by atoms with Crippen LogP contribution in [0.2, 0.25) is 4.34 Å². The van der Waals surface area contributed by atoms with E-state index in [2.05, 4.69) is 10.3 Å². The van der Waals surface area contributed by atoms with Gasteiger partial charge in [-0.15, -0.1) is 11.3 Å². The number of nitrogens with one attached hydrogen (secondary N) is 1. The summed E-state index contributed by atoms with van der Waals surface area (Å²) in [4.78, 5) is 16.4. The number of carbonyl (C=O) groups is 1. The second kappa shape index (κ2) is 5.29. The standard InChI is InChI=1S/C12H11ClN2OS/c1-8(9-4-6-14-7-5-9)15-12(16)10-2-3-11(13)17-10/h2-8H,1H3,(H,15,16)/t8-/m0/s1. The van der Waals surface area contributed by atoms with Gasteiger partial charge in [0.05, 0.1) is 15.3 Å². The maximum Gasteiger partial charge on any atom is 0.261 e. The van der Waals surface area contributed by atoms with Gasteiger partial charge >= 0.3 is 0 Å². The van der Waals surface area contributed by atoms with Crippen molar-refractivity contribution in [1.29, 1.82) is 0 Å². The summed E-state index contributed by atoms with van der Waals surface area (Å²) in [6, 6.07) is 7.16. The van der Waals surface area contributed by atoms with Crippen LogP contribution in [0.15, 0.2) is 36.7 Å². The summed E-state index contributed by atoms with van der Waals surface area (Å²) in [6.07, 6.45) is 3.42. The maximum absolute atomic E-state index is 11.9. The molecule has 0 bridgehead atoms. The van der Waals surface area contributed by atoms with Crippen LogP contribution >= 0.6 is 22.9 Å². The molecule has 1 amide bonds. The van der Waals surface area contributed by atoms with Gasteiger partial charge < -0.3 is 5.32 Å². The fraction of sp³-hybridized carbons (Fsp3) is 0.167. The fourth-order valence-corrected chi connectivity index (χ4v) is 2.39. The molecule has 3 nitrogen and oxygen atoms in total. The lowest BCUT2D eigenvalue weighted by Crippen LogP contribution is -2.25. The number of rotatable bonds is 3. The number of thiophene rings is 1. The molecule has 0 aliphatic rings. The molecule has 5 heteroatoms. The van der Waals surface area contributed by atoms with E-state index in [0.29, 0.717) is 9.21 Å². The summed E-state index contributed by atoms with van der Waals surface area (Å²) in [5.41, 5.74) is 1.02. The highest BCUT2D eigenvalue weighted by Gasteiger charge is 2.12. The molecule has 2 heterocycles. The van der Waals surface area contributed by atoms with Crippen LogP contribution in [0, 0.1) is 0 Å². The minimum Gasteiger partial charge on any atom is -0.345 e. The minimum absolute atomic E-state index is 0.0497. The lowest BCUT2D eigenvalue weighted by Gasteiger charge is -2.13. The molecule has 2 aromatic heterocycles. The Bertz CT molecular complexity index is 512. The van der Waals surface area contributed by atoms with Gasteiger partial charge in [-0.1, -0.05) is 11.6 Å². The van der Waals surface area contributed by atoms with E-state index in [0.717, 1.165) is 5.56 Å². The molecular weight excluding hydrogens is 256 g/mol. The monoisotopic (exact) mass is 266 g/mol. The number of halogens is 1. The van der Waals surface area contributed by atoms with Gasteiger partial charge in [0.2, 0.25) is 0 Å². The van der Waals surface area contributed by atoms with Crippen LogP contribution in [0.4, 0.5) is 0 Å². The van der Waals surface area contributed by atoms with Crippen LogP contribution in [-0.2, 0) is 0 Å². The molecule has 0 radical (unpaired) electrons. The Hall–Kier alpha value is -1.39. The lowest BCUT2D eigenvalue weighted by atomic mass is 10.1. The van der Waals surface area contributed by atoms with Crippen molar-refractivity contribution in [3.8, 4) is 0 Å². The molecule has 1 atom stereocenters. The predicted molar refractivity (Wildman–Crippen MR) is 69.4 cm³/mol. The van der Waals surface area contributed by atoms with E-state index in [1.807, 2.05) is 19.1 Å². The number of amides is 1. The predicted octanol–water partition coefficient (Wildman–Crippen LogP) is 3.29. The van der Waals surface area contributed by atoms with Crippen LogP contribution in [0.25, 0.3) is 0 Å². The molecule has 2 rings (SSSR count). The van der Waals surface area contributed by atoms with Gasteiger partial charge in [-0.05, 0) is 36.8 Å². The number of carbonyl (C=O) groups excluding carboxylic acids is 1. The smallest absolute Gasteiger partial charge is 0.261 e. The van der Waals surface area contributed by atoms with E-state index >= 15 is 0 Å². The normalized spacial score (nSPS) is 12.1. The lowest BCUT2D eigenvalue weighted by molar-refractivity contribution is 0.0944. The summed E-state index contributed by atoms with van der Waals surface area (Å²) in [5, 5.41) is 2.91. The average Bonchev–Trinajstić information content (AvgIpc) is 2.77. The van der Waals surface area contributed by atoms with Crippen LogP contribution in [-0.4, -0.2) is 10.9 Å². The van der Waals surface area contributed by atoms with E-state index in [9.17, 15) is 4.79 Å². The third-order valence-electron chi connectivity index (χ3n) is 2.35. The third kappa shape index (κ3) is 3.05. The molecule has 1 N–H and O–H groups in total. The van der Waals surface area contributed by atoms with Gasteiger partial charge in [0.25, 0.3) is 5.91 Å². The van der Waals surface area contributed by atoms with Crippen molar-refractivity contribution in [2.75, 3.05) is 0 Å².